The maximum Gasteiger partial charge on any atom is 0.229 e. The van der Waals surface area contributed by atoms with E-state index < -0.39 is 0 Å². The predicted molar refractivity (Wildman–Crippen MR) is 140 cm³/mol. The van der Waals surface area contributed by atoms with Gasteiger partial charge in [-0.3, -0.25) is 14.8 Å². The van der Waals surface area contributed by atoms with Crippen LogP contribution in [0, 0.1) is 10.8 Å². The molecule has 7 heteroatoms. The lowest BCUT2D eigenvalue weighted by Gasteiger charge is -2.46. The summed E-state index contributed by atoms with van der Waals surface area (Å²) >= 11 is 0. The number of rotatable bonds is 6. The minimum Gasteiger partial charge on any atom is -0.355 e. The monoisotopic (exact) mass is 468 g/mol. The van der Waals surface area contributed by atoms with Gasteiger partial charge in [0.15, 0.2) is 0 Å². The van der Waals surface area contributed by atoms with Gasteiger partial charge in [-0.25, -0.2) is 4.98 Å². The average Bonchev–Trinajstić information content (AvgIpc) is 2.90. The number of aromatic nitrogens is 2. The Hall–Kier alpha value is -3.61. The summed E-state index contributed by atoms with van der Waals surface area (Å²) in [6.45, 7) is 3.01. The van der Waals surface area contributed by atoms with Crippen LogP contribution in [0.25, 0.3) is 11.0 Å². The van der Waals surface area contributed by atoms with Crippen molar-refractivity contribution in [1.29, 1.82) is 5.41 Å². The van der Waals surface area contributed by atoms with Crippen LogP contribution in [0.3, 0.4) is 0 Å². The minimum atomic E-state index is -0.287. The van der Waals surface area contributed by atoms with Crippen molar-refractivity contribution < 1.29 is 4.79 Å². The van der Waals surface area contributed by atoms with Crippen LogP contribution in [0.1, 0.15) is 43.2 Å². The molecular weight excluding hydrogens is 436 g/mol. The fourth-order valence-corrected chi connectivity index (χ4v) is 5.59. The topological polar surface area (TPSA) is 85.5 Å². The van der Waals surface area contributed by atoms with E-state index in [-0.39, 0.29) is 11.3 Å². The molecule has 7 nitrogen and oxygen atoms in total. The average molecular weight is 469 g/mol. The van der Waals surface area contributed by atoms with E-state index in [4.69, 9.17) is 10.4 Å². The Bertz CT molecular complexity index is 1260. The molecule has 2 fully saturated rings. The van der Waals surface area contributed by atoms with E-state index in [1.165, 1.54) is 6.21 Å². The van der Waals surface area contributed by atoms with Crippen molar-refractivity contribution in [3.05, 3.63) is 65.9 Å². The lowest BCUT2D eigenvalue weighted by molar-refractivity contribution is -0.148. The number of carbonyl (C=O) groups is 1. The number of nitrogens with one attached hydrogen (secondary N) is 1. The van der Waals surface area contributed by atoms with Crippen LogP contribution in [0.2, 0.25) is 0 Å². The van der Waals surface area contributed by atoms with Crippen molar-refractivity contribution in [2.75, 3.05) is 31.6 Å². The number of likely N-dealkylation sites (tertiary alicyclic amines) is 1. The Morgan fingerprint density at radius 3 is 2.57 bits per heavy atom. The van der Waals surface area contributed by atoms with Crippen molar-refractivity contribution in [1.82, 2.24) is 14.9 Å². The number of nitrogens with zero attached hydrogens (tertiary/aromatic N) is 5. The van der Waals surface area contributed by atoms with Crippen molar-refractivity contribution in [3.63, 3.8) is 0 Å². The first-order valence-corrected chi connectivity index (χ1v) is 12.4. The number of hydrogen-bond donors (Lipinski definition) is 1. The summed E-state index contributed by atoms with van der Waals surface area (Å²) in [5.41, 5.74) is 4.55. The molecule has 1 N–H and O–H groups in total. The van der Waals surface area contributed by atoms with Crippen LogP contribution in [0.15, 0.2) is 59.7 Å². The third-order valence-electron chi connectivity index (χ3n) is 7.56. The number of anilines is 1. The maximum absolute atomic E-state index is 13.8. The van der Waals surface area contributed by atoms with Gasteiger partial charge in [-0.05, 0) is 43.4 Å². The molecule has 3 heterocycles. The Morgan fingerprint density at radius 2 is 1.80 bits per heavy atom. The third-order valence-corrected chi connectivity index (χ3v) is 7.56. The number of para-hydroxylation sites is 2. The summed E-state index contributed by atoms with van der Waals surface area (Å²) in [5.74, 6) is 1.18. The number of benzene rings is 2. The van der Waals surface area contributed by atoms with E-state index in [1.807, 2.05) is 47.5 Å². The zero-order chi connectivity index (χ0) is 24.3. The van der Waals surface area contributed by atoms with Gasteiger partial charge in [-0.15, -0.1) is 0 Å². The summed E-state index contributed by atoms with van der Waals surface area (Å²) in [4.78, 5) is 31.9. The van der Waals surface area contributed by atoms with Gasteiger partial charge >= 0.3 is 0 Å². The Kier molecular flexibility index (Phi) is 6.57. The summed E-state index contributed by atoms with van der Waals surface area (Å²) < 4.78 is 0. The molecule has 1 aromatic heterocycles. The zero-order valence-corrected chi connectivity index (χ0v) is 20.3. The van der Waals surface area contributed by atoms with E-state index in [1.54, 1.807) is 7.05 Å². The molecule has 180 valence electrons. The highest BCUT2D eigenvalue weighted by molar-refractivity contribution is 6.07. The van der Waals surface area contributed by atoms with Crippen LogP contribution in [0.5, 0.6) is 0 Å². The SMILES string of the molecule is CN=C(CC=N)c1ccccc1CN1CCCC2(CCN(c3cnc4ccccc4n3)CC2)C1=O. The van der Waals surface area contributed by atoms with Gasteiger partial charge in [0.1, 0.15) is 5.82 Å². The molecule has 0 aliphatic carbocycles. The third kappa shape index (κ3) is 4.55. The lowest BCUT2D eigenvalue weighted by atomic mass is 9.71. The number of piperidine rings is 2. The number of fused-ring (bicyclic) bond motifs is 1. The molecule has 2 aliphatic heterocycles. The van der Waals surface area contributed by atoms with Crippen molar-refractivity contribution in [3.8, 4) is 0 Å². The molecule has 1 amide bonds. The fourth-order valence-electron chi connectivity index (χ4n) is 5.59. The first-order chi connectivity index (χ1) is 17.1. The summed E-state index contributed by atoms with van der Waals surface area (Å²) in [7, 11) is 1.77. The van der Waals surface area contributed by atoms with E-state index in [2.05, 4.69) is 27.0 Å². The van der Waals surface area contributed by atoms with Gasteiger partial charge < -0.3 is 15.2 Å². The number of amides is 1. The molecule has 2 aliphatic rings. The molecule has 1 spiro atoms. The Balaban J connectivity index is 1.30. The van der Waals surface area contributed by atoms with E-state index in [0.29, 0.717) is 13.0 Å². The van der Waals surface area contributed by atoms with Crippen molar-refractivity contribution in [2.24, 2.45) is 10.4 Å². The molecule has 2 aromatic carbocycles. The highest BCUT2D eigenvalue weighted by atomic mass is 16.2. The summed E-state index contributed by atoms with van der Waals surface area (Å²) in [5, 5.41) is 7.51. The molecule has 0 bridgehead atoms. The highest BCUT2D eigenvalue weighted by Gasteiger charge is 2.45. The number of aliphatic imine (C=N–C) groups is 1. The van der Waals surface area contributed by atoms with Gasteiger partial charge in [0.2, 0.25) is 5.91 Å². The molecule has 35 heavy (non-hydrogen) atoms. The lowest BCUT2D eigenvalue weighted by Crippen LogP contribution is -2.53. The highest BCUT2D eigenvalue weighted by Crippen LogP contribution is 2.42. The van der Waals surface area contributed by atoms with Crippen LogP contribution < -0.4 is 4.90 Å². The van der Waals surface area contributed by atoms with Gasteiger partial charge in [0, 0.05) is 57.1 Å². The van der Waals surface area contributed by atoms with Gasteiger partial charge in [0.25, 0.3) is 0 Å². The van der Waals surface area contributed by atoms with Crippen LogP contribution >= 0.6 is 0 Å². The molecule has 0 atom stereocenters. The molecule has 0 radical (unpaired) electrons. The van der Waals surface area contributed by atoms with Gasteiger partial charge in [-0.1, -0.05) is 36.4 Å². The standard InChI is InChI=1S/C28H32N6O/c1-30-23(11-15-29)22-8-3-2-7-21(22)20-34-16-6-12-28(27(34)35)13-17-33(18-14-28)26-19-31-24-9-4-5-10-25(24)32-26/h2-5,7-10,15,19,29H,6,11-14,16-18,20H2,1H3. The normalized spacial score (nSPS) is 18.3. The predicted octanol–water partition coefficient (Wildman–Crippen LogP) is 4.50. The van der Waals surface area contributed by atoms with Crippen molar-refractivity contribution >= 4 is 34.7 Å². The van der Waals surface area contributed by atoms with Crippen LogP contribution in [0.4, 0.5) is 5.82 Å². The number of hydrogen-bond acceptors (Lipinski definition) is 6. The molecule has 0 unspecified atom stereocenters. The molecule has 3 aromatic rings. The largest absolute Gasteiger partial charge is 0.355 e. The quantitative estimate of drug-likeness (QED) is 0.540. The maximum atomic E-state index is 13.8. The van der Waals surface area contributed by atoms with E-state index in [9.17, 15) is 4.79 Å². The zero-order valence-electron chi connectivity index (χ0n) is 20.3. The van der Waals surface area contributed by atoms with E-state index in [0.717, 1.165) is 79.0 Å². The minimum absolute atomic E-state index is 0.282. The van der Waals surface area contributed by atoms with Crippen molar-refractivity contribution in [2.45, 2.75) is 38.6 Å². The van der Waals surface area contributed by atoms with E-state index >= 15 is 0 Å². The smallest absolute Gasteiger partial charge is 0.229 e. The van der Waals surface area contributed by atoms with Gasteiger partial charge in [-0.2, -0.15) is 0 Å². The molecule has 5 rings (SSSR count). The van der Waals surface area contributed by atoms with Crippen LogP contribution in [-0.4, -0.2) is 59.4 Å². The van der Waals surface area contributed by atoms with Gasteiger partial charge in [0.05, 0.1) is 22.6 Å². The Morgan fingerprint density at radius 1 is 1.06 bits per heavy atom. The second kappa shape index (κ2) is 9.94. The van der Waals surface area contributed by atoms with Crippen LogP contribution in [-0.2, 0) is 11.3 Å². The Labute approximate surface area is 206 Å². The number of carbonyl (C=O) groups excluding carboxylic acids is 1. The molecule has 0 saturated carbocycles. The fraction of sp³-hybridized carbons (Fsp3) is 0.393. The first-order valence-electron chi connectivity index (χ1n) is 12.4. The molecule has 2 saturated heterocycles. The second-order valence-corrected chi connectivity index (χ2v) is 9.55. The first kappa shape index (κ1) is 23.1. The second-order valence-electron chi connectivity index (χ2n) is 9.55. The molecular formula is C28H32N6O. The summed E-state index contributed by atoms with van der Waals surface area (Å²) in [6.07, 6.45) is 7.40. The summed E-state index contributed by atoms with van der Waals surface area (Å²) in [6, 6.07) is 16.1.